The highest BCUT2D eigenvalue weighted by Gasteiger charge is 2.35. The molecule has 0 saturated carbocycles. The standard InChI is InChI=1S/C17H17F3N6/c1-26-11-22-15(25-26)8-5-9-21-16-13(17(18,19)20)10-14(23-24-16)12-6-3-2-4-7-12/h2-4,6-7,10-11H,5,8-9H2,1H3,(H,21,24). The molecule has 0 radical (unpaired) electrons. The molecule has 0 bridgehead atoms. The molecule has 9 heteroatoms. The van der Waals surface area contributed by atoms with E-state index >= 15 is 0 Å². The first kappa shape index (κ1) is 17.8. The zero-order valence-corrected chi connectivity index (χ0v) is 14.0. The Morgan fingerprint density at radius 2 is 1.88 bits per heavy atom. The molecule has 0 atom stereocenters. The van der Waals surface area contributed by atoms with Crippen molar-refractivity contribution in [2.45, 2.75) is 19.0 Å². The summed E-state index contributed by atoms with van der Waals surface area (Å²) in [7, 11) is 1.76. The lowest BCUT2D eigenvalue weighted by Gasteiger charge is -2.14. The second kappa shape index (κ2) is 7.51. The molecule has 26 heavy (non-hydrogen) atoms. The summed E-state index contributed by atoms with van der Waals surface area (Å²) in [5.41, 5.74) is -0.0678. The van der Waals surface area contributed by atoms with Gasteiger partial charge in [-0.1, -0.05) is 30.3 Å². The number of nitrogens with zero attached hydrogens (tertiary/aromatic N) is 5. The second-order valence-electron chi connectivity index (χ2n) is 5.72. The summed E-state index contributed by atoms with van der Waals surface area (Å²) in [6, 6.07) is 9.66. The molecule has 2 aromatic heterocycles. The SMILES string of the molecule is Cn1cnc(CCCNc2nnc(-c3ccccc3)cc2C(F)(F)F)n1. The molecule has 0 unspecified atom stereocenters. The molecule has 0 amide bonds. The van der Waals surface area contributed by atoms with Crippen LogP contribution in [-0.4, -0.2) is 31.5 Å². The molecule has 0 aliphatic carbocycles. The van der Waals surface area contributed by atoms with Crippen LogP contribution in [0.5, 0.6) is 0 Å². The monoisotopic (exact) mass is 362 g/mol. The van der Waals surface area contributed by atoms with Crippen molar-refractivity contribution in [3.05, 3.63) is 54.1 Å². The summed E-state index contributed by atoms with van der Waals surface area (Å²) in [5.74, 6) is 0.377. The van der Waals surface area contributed by atoms with Crippen LogP contribution >= 0.6 is 0 Å². The Balaban J connectivity index is 1.71. The molecule has 6 nitrogen and oxygen atoms in total. The fourth-order valence-electron chi connectivity index (χ4n) is 2.44. The van der Waals surface area contributed by atoms with Crippen molar-refractivity contribution in [2.75, 3.05) is 11.9 Å². The van der Waals surface area contributed by atoms with Crippen molar-refractivity contribution in [3.8, 4) is 11.3 Å². The molecule has 2 heterocycles. The van der Waals surface area contributed by atoms with Crippen LogP contribution in [0.2, 0.25) is 0 Å². The van der Waals surface area contributed by atoms with E-state index in [0.717, 1.165) is 6.07 Å². The van der Waals surface area contributed by atoms with Crippen LogP contribution in [0, 0.1) is 0 Å². The average Bonchev–Trinajstić information content (AvgIpc) is 3.04. The van der Waals surface area contributed by atoms with Crippen molar-refractivity contribution >= 4 is 5.82 Å². The molecule has 1 N–H and O–H groups in total. The maximum atomic E-state index is 13.4. The number of aromatic nitrogens is 5. The highest BCUT2D eigenvalue weighted by molar-refractivity contribution is 5.62. The topological polar surface area (TPSA) is 68.5 Å². The number of benzene rings is 1. The van der Waals surface area contributed by atoms with Crippen molar-refractivity contribution in [2.24, 2.45) is 7.05 Å². The summed E-state index contributed by atoms with van der Waals surface area (Å²) in [5, 5.41) is 14.5. The minimum atomic E-state index is -4.52. The molecule has 0 aliphatic rings. The molecule has 1 aromatic carbocycles. The van der Waals surface area contributed by atoms with Gasteiger partial charge in [0, 0.05) is 25.6 Å². The van der Waals surface area contributed by atoms with Crippen molar-refractivity contribution in [1.29, 1.82) is 0 Å². The molecule has 0 saturated heterocycles. The number of aryl methyl sites for hydroxylation is 2. The van der Waals surface area contributed by atoms with E-state index < -0.39 is 11.7 Å². The second-order valence-corrected chi connectivity index (χ2v) is 5.72. The zero-order chi connectivity index (χ0) is 18.6. The van der Waals surface area contributed by atoms with E-state index in [0.29, 0.717) is 30.8 Å². The van der Waals surface area contributed by atoms with Gasteiger partial charge in [-0.15, -0.1) is 10.2 Å². The summed E-state index contributed by atoms with van der Waals surface area (Å²) < 4.78 is 41.8. The van der Waals surface area contributed by atoms with Gasteiger partial charge in [-0.05, 0) is 12.5 Å². The van der Waals surface area contributed by atoms with E-state index in [4.69, 9.17) is 0 Å². The van der Waals surface area contributed by atoms with E-state index in [9.17, 15) is 13.2 Å². The molecule has 3 rings (SSSR count). The minimum Gasteiger partial charge on any atom is -0.368 e. The Labute approximate surface area is 148 Å². The third kappa shape index (κ3) is 4.35. The fourth-order valence-corrected chi connectivity index (χ4v) is 2.44. The molecule has 3 aromatic rings. The van der Waals surface area contributed by atoms with Gasteiger partial charge in [0.25, 0.3) is 0 Å². The van der Waals surface area contributed by atoms with Gasteiger partial charge in [0.05, 0.1) is 5.69 Å². The summed E-state index contributed by atoms with van der Waals surface area (Å²) in [6.45, 7) is 0.306. The molecular formula is C17H17F3N6. The Kier molecular flexibility index (Phi) is 5.15. The first-order valence-corrected chi connectivity index (χ1v) is 8.02. The lowest BCUT2D eigenvalue weighted by molar-refractivity contribution is -0.137. The van der Waals surface area contributed by atoms with Crippen molar-refractivity contribution < 1.29 is 13.2 Å². The summed E-state index contributed by atoms with van der Waals surface area (Å²) in [4.78, 5) is 4.08. The van der Waals surface area contributed by atoms with Crippen LogP contribution in [-0.2, 0) is 19.6 Å². The van der Waals surface area contributed by atoms with Crippen molar-refractivity contribution in [1.82, 2.24) is 25.0 Å². The number of nitrogens with one attached hydrogen (secondary N) is 1. The third-order valence-corrected chi connectivity index (χ3v) is 3.69. The maximum Gasteiger partial charge on any atom is 0.420 e. The van der Waals surface area contributed by atoms with E-state index in [1.54, 1.807) is 48.4 Å². The van der Waals surface area contributed by atoms with Gasteiger partial charge in [0.1, 0.15) is 11.9 Å². The normalized spacial score (nSPS) is 11.5. The predicted octanol–water partition coefficient (Wildman–Crippen LogP) is 3.34. The van der Waals surface area contributed by atoms with E-state index in [-0.39, 0.29) is 11.5 Å². The highest BCUT2D eigenvalue weighted by atomic mass is 19.4. The van der Waals surface area contributed by atoms with Gasteiger partial charge >= 0.3 is 6.18 Å². The van der Waals surface area contributed by atoms with Crippen molar-refractivity contribution in [3.63, 3.8) is 0 Å². The Bertz CT molecular complexity index is 860. The van der Waals surface area contributed by atoms with E-state index in [2.05, 4.69) is 25.6 Å². The zero-order valence-electron chi connectivity index (χ0n) is 14.0. The van der Waals surface area contributed by atoms with Gasteiger partial charge in [0.2, 0.25) is 0 Å². The van der Waals surface area contributed by atoms with Gasteiger partial charge < -0.3 is 5.32 Å². The molecular weight excluding hydrogens is 345 g/mol. The van der Waals surface area contributed by atoms with Crippen LogP contribution in [0.3, 0.4) is 0 Å². The Hall–Kier alpha value is -2.97. The van der Waals surface area contributed by atoms with Gasteiger partial charge in [-0.2, -0.15) is 18.3 Å². The Morgan fingerprint density at radius 1 is 1.12 bits per heavy atom. The number of hydrogen-bond donors (Lipinski definition) is 1. The van der Waals surface area contributed by atoms with Gasteiger partial charge in [-0.3, -0.25) is 4.68 Å². The number of hydrogen-bond acceptors (Lipinski definition) is 5. The number of alkyl halides is 3. The highest BCUT2D eigenvalue weighted by Crippen LogP contribution is 2.35. The lowest BCUT2D eigenvalue weighted by Crippen LogP contribution is -2.15. The predicted molar refractivity (Wildman–Crippen MR) is 90.3 cm³/mol. The largest absolute Gasteiger partial charge is 0.420 e. The van der Waals surface area contributed by atoms with E-state index in [1.165, 1.54) is 0 Å². The van der Waals surface area contributed by atoms with Gasteiger partial charge in [0.15, 0.2) is 11.6 Å². The first-order chi connectivity index (χ1) is 12.4. The fraction of sp³-hybridized carbons (Fsp3) is 0.294. The average molecular weight is 362 g/mol. The quantitative estimate of drug-likeness (QED) is 0.681. The molecule has 136 valence electrons. The van der Waals surface area contributed by atoms with Crippen LogP contribution in [0.4, 0.5) is 19.0 Å². The smallest absolute Gasteiger partial charge is 0.368 e. The van der Waals surface area contributed by atoms with Gasteiger partial charge in [-0.25, -0.2) is 4.98 Å². The molecule has 0 fully saturated rings. The first-order valence-electron chi connectivity index (χ1n) is 8.02. The number of anilines is 1. The van der Waals surface area contributed by atoms with Crippen LogP contribution in [0.25, 0.3) is 11.3 Å². The lowest BCUT2D eigenvalue weighted by atomic mass is 10.1. The number of rotatable bonds is 6. The summed E-state index contributed by atoms with van der Waals surface area (Å²) in [6.07, 6.45) is -1.81. The van der Waals surface area contributed by atoms with E-state index in [1.807, 2.05) is 0 Å². The molecule has 0 aliphatic heterocycles. The Morgan fingerprint density at radius 3 is 2.54 bits per heavy atom. The molecule has 0 spiro atoms. The minimum absolute atomic E-state index is 0.182. The van der Waals surface area contributed by atoms with Crippen LogP contribution < -0.4 is 5.32 Å². The third-order valence-electron chi connectivity index (χ3n) is 3.69. The number of halogens is 3. The maximum absolute atomic E-state index is 13.4. The van der Waals surface area contributed by atoms with Crippen LogP contribution in [0.15, 0.2) is 42.7 Å². The summed E-state index contributed by atoms with van der Waals surface area (Å²) >= 11 is 0. The van der Waals surface area contributed by atoms with Crippen LogP contribution in [0.1, 0.15) is 17.8 Å².